The van der Waals surface area contributed by atoms with Gasteiger partial charge in [-0.1, -0.05) is 31.2 Å². The first-order valence-electron chi connectivity index (χ1n) is 6.42. The zero-order valence-corrected chi connectivity index (χ0v) is 11.4. The molecule has 0 fully saturated rings. The minimum absolute atomic E-state index is 0.200. The van der Waals surface area contributed by atoms with E-state index in [1.54, 1.807) is 6.92 Å². The minimum Gasteiger partial charge on any atom is -0.481 e. The van der Waals surface area contributed by atoms with Crippen LogP contribution in [0, 0.1) is 6.92 Å². The second kappa shape index (κ2) is 5.69. The number of aliphatic carboxylic acids is 1. The summed E-state index contributed by atoms with van der Waals surface area (Å²) in [5.74, 6) is -0.579. The van der Waals surface area contributed by atoms with Crippen molar-refractivity contribution in [2.75, 3.05) is 0 Å². The summed E-state index contributed by atoms with van der Waals surface area (Å²) in [6.07, 6.45) is 0.629. The number of carboxylic acid groups (broad SMARTS) is 1. The number of aromatic amines is 1. The number of hydrogen-bond acceptors (Lipinski definition) is 3. The van der Waals surface area contributed by atoms with E-state index in [9.17, 15) is 9.59 Å². The number of benzene rings is 1. The Morgan fingerprint density at radius 3 is 2.45 bits per heavy atom. The van der Waals surface area contributed by atoms with Gasteiger partial charge in [-0.05, 0) is 18.9 Å². The average molecular weight is 272 g/mol. The van der Waals surface area contributed by atoms with Gasteiger partial charge in [-0.3, -0.25) is 9.59 Å². The van der Waals surface area contributed by atoms with Gasteiger partial charge in [-0.25, -0.2) is 4.98 Å². The van der Waals surface area contributed by atoms with Gasteiger partial charge in [0.2, 0.25) is 0 Å². The van der Waals surface area contributed by atoms with Gasteiger partial charge >= 0.3 is 5.97 Å². The van der Waals surface area contributed by atoms with Crippen LogP contribution in [0.15, 0.2) is 29.1 Å². The van der Waals surface area contributed by atoms with Gasteiger partial charge in [0, 0.05) is 16.8 Å². The highest BCUT2D eigenvalue weighted by molar-refractivity contribution is 5.70. The summed E-state index contributed by atoms with van der Waals surface area (Å²) in [6.45, 7) is 3.72. The van der Waals surface area contributed by atoms with Gasteiger partial charge in [-0.2, -0.15) is 0 Å². The van der Waals surface area contributed by atoms with Crippen LogP contribution in [0.1, 0.15) is 23.7 Å². The number of carbonyl (C=O) groups is 1. The third kappa shape index (κ3) is 2.93. The lowest BCUT2D eigenvalue weighted by Crippen LogP contribution is -2.20. The molecule has 2 N–H and O–H groups in total. The molecule has 0 saturated carbocycles. The molecule has 2 aromatic rings. The Hall–Kier alpha value is -2.43. The summed E-state index contributed by atoms with van der Waals surface area (Å²) in [5, 5.41) is 8.78. The molecule has 0 bridgehead atoms. The van der Waals surface area contributed by atoms with E-state index in [2.05, 4.69) is 16.9 Å². The molecule has 0 aliphatic rings. The second-order valence-electron chi connectivity index (χ2n) is 4.60. The standard InChI is InChI=1S/C15H16N2O3/c1-3-10-4-6-11(7-5-10)14-16-9(2)12(8-13(18)19)15(20)17-14/h4-7H,3,8H2,1-2H3,(H,18,19)(H,16,17,20). The van der Waals surface area contributed by atoms with Gasteiger partial charge in [0.25, 0.3) is 5.56 Å². The summed E-state index contributed by atoms with van der Waals surface area (Å²) in [5.41, 5.74) is 2.27. The van der Waals surface area contributed by atoms with Crippen LogP contribution in [-0.2, 0) is 17.6 Å². The molecule has 20 heavy (non-hydrogen) atoms. The molecule has 0 spiro atoms. The summed E-state index contributed by atoms with van der Waals surface area (Å²) in [4.78, 5) is 29.6. The zero-order chi connectivity index (χ0) is 14.7. The number of aromatic nitrogens is 2. The van der Waals surface area contributed by atoms with Crippen LogP contribution in [0.2, 0.25) is 0 Å². The number of nitrogens with one attached hydrogen (secondary N) is 1. The summed E-state index contributed by atoms with van der Waals surface area (Å²) >= 11 is 0. The number of H-pyrrole nitrogens is 1. The van der Waals surface area contributed by atoms with Gasteiger partial charge in [-0.15, -0.1) is 0 Å². The van der Waals surface area contributed by atoms with Crippen molar-refractivity contribution >= 4 is 5.97 Å². The van der Waals surface area contributed by atoms with Gasteiger partial charge in [0.05, 0.1) is 6.42 Å². The lowest BCUT2D eigenvalue weighted by molar-refractivity contribution is -0.136. The molecule has 0 radical (unpaired) electrons. The molecule has 104 valence electrons. The van der Waals surface area contributed by atoms with E-state index >= 15 is 0 Å². The molecular weight excluding hydrogens is 256 g/mol. The third-order valence-corrected chi connectivity index (χ3v) is 3.19. The molecule has 1 heterocycles. The molecule has 1 aromatic carbocycles. The molecule has 0 atom stereocenters. The Labute approximate surface area is 116 Å². The van der Waals surface area contributed by atoms with E-state index < -0.39 is 11.5 Å². The van der Waals surface area contributed by atoms with E-state index in [-0.39, 0.29) is 12.0 Å². The molecule has 5 heteroatoms. The van der Waals surface area contributed by atoms with Crippen LogP contribution in [0.25, 0.3) is 11.4 Å². The summed E-state index contributed by atoms with van der Waals surface area (Å²) < 4.78 is 0. The Morgan fingerprint density at radius 1 is 1.30 bits per heavy atom. The van der Waals surface area contributed by atoms with Gasteiger partial charge in [0.1, 0.15) is 5.82 Å². The maximum absolute atomic E-state index is 11.9. The first-order valence-corrected chi connectivity index (χ1v) is 6.42. The van der Waals surface area contributed by atoms with Crippen LogP contribution in [0.4, 0.5) is 0 Å². The van der Waals surface area contributed by atoms with Crippen molar-refractivity contribution in [3.8, 4) is 11.4 Å². The predicted octanol–water partition coefficient (Wildman–Crippen LogP) is 1.93. The smallest absolute Gasteiger partial charge is 0.308 e. The normalized spacial score (nSPS) is 10.5. The number of hydrogen-bond donors (Lipinski definition) is 2. The maximum atomic E-state index is 11.9. The Bertz CT molecular complexity index is 687. The molecule has 2 rings (SSSR count). The first kappa shape index (κ1) is 14.0. The zero-order valence-electron chi connectivity index (χ0n) is 11.4. The van der Waals surface area contributed by atoms with Crippen molar-refractivity contribution in [1.82, 2.24) is 9.97 Å². The van der Waals surface area contributed by atoms with Crippen LogP contribution in [0.5, 0.6) is 0 Å². The molecule has 5 nitrogen and oxygen atoms in total. The second-order valence-corrected chi connectivity index (χ2v) is 4.60. The van der Waals surface area contributed by atoms with Crippen molar-refractivity contribution in [2.45, 2.75) is 26.7 Å². The number of carboxylic acids is 1. The summed E-state index contributed by atoms with van der Waals surface area (Å²) in [6, 6.07) is 7.76. The Morgan fingerprint density at radius 2 is 1.95 bits per heavy atom. The van der Waals surface area contributed by atoms with E-state index in [1.807, 2.05) is 24.3 Å². The fourth-order valence-electron chi connectivity index (χ4n) is 2.00. The minimum atomic E-state index is -1.04. The highest BCUT2D eigenvalue weighted by atomic mass is 16.4. The third-order valence-electron chi connectivity index (χ3n) is 3.19. The number of nitrogens with zero attached hydrogens (tertiary/aromatic N) is 1. The van der Waals surface area contributed by atoms with Crippen molar-refractivity contribution in [3.05, 3.63) is 51.4 Å². The lowest BCUT2D eigenvalue weighted by Gasteiger charge is -2.06. The van der Waals surface area contributed by atoms with Crippen LogP contribution in [0.3, 0.4) is 0 Å². The van der Waals surface area contributed by atoms with E-state index in [0.29, 0.717) is 11.5 Å². The van der Waals surface area contributed by atoms with Crippen LogP contribution < -0.4 is 5.56 Å². The molecule has 0 aliphatic carbocycles. The maximum Gasteiger partial charge on any atom is 0.308 e. The highest BCUT2D eigenvalue weighted by Gasteiger charge is 2.12. The Balaban J connectivity index is 2.43. The SMILES string of the molecule is CCc1ccc(-c2nc(C)c(CC(=O)O)c(=O)[nH]2)cc1. The van der Waals surface area contributed by atoms with E-state index in [1.165, 1.54) is 5.56 Å². The number of rotatable bonds is 4. The van der Waals surface area contributed by atoms with Crippen LogP contribution in [-0.4, -0.2) is 21.0 Å². The average Bonchev–Trinajstić information content (AvgIpc) is 2.42. The lowest BCUT2D eigenvalue weighted by atomic mass is 10.1. The van der Waals surface area contributed by atoms with Gasteiger partial charge in [0.15, 0.2) is 0 Å². The topological polar surface area (TPSA) is 83.0 Å². The fourth-order valence-corrected chi connectivity index (χ4v) is 2.00. The quantitative estimate of drug-likeness (QED) is 0.891. The highest BCUT2D eigenvalue weighted by Crippen LogP contribution is 2.16. The first-order chi connectivity index (χ1) is 9.51. The van der Waals surface area contributed by atoms with Crippen molar-refractivity contribution in [2.24, 2.45) is 0 Å². The largest absolute Gasteiger partial charge is 0.481 e. The monoisotopic (exact) mass is 272 g/mol. The molecule has 1 aromatic heterocycles. The molecule has 0 saturated heterocycles. The molecule has 0 unspecified atom stereocenters. The Kier molecular flexibility index (Phi) is 3.98. The van der Waals surface area contributed by atoms with Crippen molar-refractivity contribution < 1.29 is 9.90 Å². The van der Waals surface area contributed by atoms with Gasteiger partial charge < -0.3 is 10.1 Å². The van der Waals surface area contributed by atoms with Crippen LogP contribution >= 0.6 is 0 Å². The van der Waals surface area contributed by atoms with E-state index in [0.717, 1.165) is 12.0 Å². The van der Waals surface area contributed by atoms with E-state index in [4.69, 9.17) is 5.11 Å². The number of aryl methyl sites for hydroxylation is 2. The molecular formula is C15H16N2O3. The van der Waals surface area contributed by atoms with Crippen molar-refractivity contribution in [3.63, 3.8) is 0 Å². The molecule has 0 aliphatic heterocycles. The summed E-state index contributed by atoms with van der Waals surface area (Å²) in [7, 11) is 0. The fraction of sp³-hybridized carbons (Fsp3) is 0.267. The van der Waals surface area contributed by atoms with Crippen molar-refractivity contribution in [1.29, 1.82) is 0 Å². The molecule has 0 amide bonds. The predicted molar refractivity (Wildman–Crippen MR) is 75.7 cm³/mol.